The second-order valence-electron chi connectivity index (χ2n) is 7.60. The molecule has 0 bridgehead atoms. The van der Waals surface area contributed by atoms with Crippen LogP contribution in [-0.4, -0.2) is 40.9 Å². The number of nitrogens with zero attached hydrogens (tertiary/aromatic N) is 2. The second-order valence-corrected chi connectivity index (χ2v) is 8.59. The van der Waals surface area contributed by atoms with Gasteiger partial charge in [0.1, 0.15) is 0 Å². The molecule has 0 saturated carbocycles. The molecule has 1 aliphatic rings. The molecule has 2 heterocycles. The van der Waals surface area contributed by atoms with E-state index in [1.54, 1.807) is 35.9 Å². The molecule has 1 aromatic heterocycles. The van der Waals surface area contributed by atoms with Crippen molar-refractivity contribution in [3.63, 3.8) is 0 Å². The number of hydrogen-bond acceptors (Lipinski definition) is 5. The summed E-state index contributed by atoms with van der Waals surface area (Å²) in [6, 6.07) is 13.2. The summed E-state index contributed by atoms with van der Waals surface area (Å²) in [5.41, 5.74) is 3.27. The van der Waals surface area contributed by atoms with E-state index in [2.05, 4.69) is 17.4 Å². The molecular formula is C23H25N3O3S. The van der Waals surface area contributed by atoms with Gasteiger partial charge in [0.25, 0.3) is 11.8 Å². The van der Waals surface area contributed by atoms with Crippen molar-refractivity contribution in [2.75, 3.05) is 19.6 Å². The summed E-state index contributed by atoms with van der Waals surface area (Å²) in [5, 5.41) is 3.40. The van der Waals surface area contributed by atoms with Crippen LogP contribution in [0.1, 0.15) is 45.5 Å². The number of aryl methyl sites for hydroxylation is 2. The Morgan fingerprint density at radius 2 is 1.60 bits per heavy atom. The van der Waals surface area contributed by atoms with E-state index >= 15 is 0 Å². The van der Waals surface area contributed by atoms with E-state index in [-0.39, 0.29) is 16.7 Å². The van der Waals surface area contributed by atoms with Crippen LogP contribution in [0.3, 0.4) is 0 Å². The summed E-state index contributed by atoms with van der Waals surface area (Å²) in [5.74, 6) is -0.369. The highest BCUT2D eigenvalue weighted by molar-refractivity contribution is 7.16. The van der Waals surface area contributed by atoms with Gasteiger partial charge in [-0.15, -0.1) is 0 Å². The molecule has 0 radical (unpaired) electrons. The van der Waals surface area contributed by atoms with Gasteiger partial charge in [-0.2, -0.15) is 0 Å². The fourth-order valence-corrected chi connectivity index (χ4v) is 4.79. The fourth-order valence-electron chi connectivity index (χ4n) is 3.84. The van der Waals surface area contributed by atoms with Crippen LogP contribution in [0.2, 0.25) is 0 Å². The first-order chi connectivity index (χ1) is 14.6. The van der Waals surface area contributed by atoms with Crippen molar-refractivity contribution in [1.29, 1.82) is 0 Å². The fraction of sp³-hybridized carbons (Fsp3) is 0.348. The van der Waals surface area contributed by atoms with Gasteiger partial charge in [-0.1, -0.05) is 29.5 Å². The number of hydrogen-bond donors (Lipinski definition) is 1. The van der Waals surface area contributed by atoms with Crippen LogP contribution in [0.25, 0.3) is 10.2 Å². The Balaban J connectivity index is 1.14. The maximum atomic E-state index is 12.3. The number of rotatable bonds is 9. The number of amides is 2. The van der Waals surface area contributed by atoms with Gasteiger partial charge in [-0.05, 0) is 68.6 Å². The predicted octanol–water partition coefficient (Wildman–Crippen LogP) is 3.20. The molecule has 6 nitrogen and oxygen atoms in total. The monoisotopic (exact) mass is 423 g/mol. The van der Waals surface area contributed by atoms with Crippen molar-refractivity contribution in [3.8, 4) is 0 Å². The number of nitrogens with one attached hydrogen (secondary N) is 1. The zero-order valence-corrected chi connectivity index (χ0v) is 17.8. The Labute approximate surface area is 179 Å². The van der Waals surface area contributed by atoms with Gasteiger partial charge in [0.05, 0.1) is 21.3 Å². The van der Waals surface area contributed by atoms with Crippen LogP contribution in [0, 0.1) is 0 Å². The Bertz CT molecular complexity index is 1110. The Morgan fingerprint density at radius 3 is 2.33 bits per heavy atom. The number of thiazole rings is 1. The summed E-state index contributed by atoms with van der Waals surface area (Å²) < 4.78 is 2.74. The minimum atomic E-state index is -0.184. The Hall–Kier alpha value is -2.77. The molecule has 0 atom stereocenters. The van der Waals surface area contributed by atoms with Gasteiger partial charge < -0.3 is 9.88 Å². The number of carbonyl (C=O) groups is 2. The quantitative estimate of drug-likeness (QED) is 0.424. The van der Waals surface area contributed by atoms with E-state index in [9.17, 15) is 14.4 Å². The van der Waals surface area contributed by atoms with Gasteiger partial charge in [-0.3, -0.25) is 19.3 Å². The minimum Gasteiger partial charge on any atom is -0.317 e. The lowest BCUT2D eigenvalue weighted by Gasteiger charge is -2.13. The highest BCUT2D eigenvalue weighted by Gasteiger charge is 2.34. The molecular weight excluding hydrogens is 398 g/mol. The largest absolute Gasteiger partial charge is 0.317 e. The second kappa shape index (κ2) is 8.93. The number of imide groups is 1. The van der Waals surface area contributed by atoms with Crippen molar-refractivity contribution in [2.45, 2.75) is 25.7 Å². The third kappa shape index (κ3) is 4.08. The molecule has 2 aromatic carbocycles. The molecule has 0 saturated heterocycles. The normalized spacial score (nSPS) is 13.4. The summed E-state index contributed by atoms with van der Waals surface area (Å²) in [7, 11) is 1.81. The predicted molar refractivity (Wildman–Crippen MR) is 119 cm³/mol. The van der Waals surface area contributed by atoms with Crippen molar-refractivity contribution in [3.05, 3.63) is 68.8 Å². The van der Waals surface area contributed by atoms with Crippen molar-refractivity contribution in [1.82, 2.24) is 14.8 Å². The minimum absolute atomic E-state index is 0.0764. The number of benzene rings is 2. The van der Waals surface area contributed by atoms with Crippen molar-refractivity contribution < 1.29 is 9.59 Å². The lowest BCUT2D eigenvalue weighted by atomic mass is 10.1. The standard InChI is InChI=1S/C23H25N3O3S/c1-25-19-11-10-16(15-20(19)30-23(25)29)7-4-5-12-24-13-6-14-26-21(27)17-8-2-3-9-18(17)22(26)28/h2-3,8-11,15,24H,4-7,12-14H2,1H3. The maximum absolute atomic E-state index is 12.3. The zero-order valence-electron chi connectivity index (χ0n) is 17.0. The van der Waals surface area contributed by atoms with Crippen molar-refractivity contribution >= 4 is 33.4 Å². The number of fused-ring (bicyclic) bond motifs is 2. The molecule has 0 unspecified atom stereocenters. The zero-order chi connectivity index (χ0) is 21.1. The highest BCUT2D eigenvalue weighted by Crippen LogP contribution is 2.22. The third-order valence-electron chi connectivity index (χ3n) is 5.54. The first kappa shape index (κ1) is 20.5. The molecule has 3 aromatic rings. The first-order valence-corrected chi connectivity index (χ1v) is 11.1. The third-order valence-corrected chi connectivity index (χ3v) is 6.53. The molecule has 1 N–H and O–H groups in total. The molecule has 1 aliphatic heterocycles. The molecule has 4 rings (SSSR count). The smallest absolute Gasteiger partial charge is 0.307 e. The average molecular weight is 424 g/mol. The lowest BCUT2D eigenvalue weighted by Crippen LogP contribution is -2.32. The van der Waals surface area contributed by atoms with Gasteiger partial charge in [-0.25, -0.2) is 0 Å². The van der Waals surface area contributed by atoms with Crippen LogP contribution in [-0.2, 0) is 13.5 Å². The van der Waals surface area contributed by atoms with Crippen LogP contribution in [0.4, 0.5) is 0 Å². The molecule has 0 fully saturated rings. The molecule has 156 valence electrons. The molecule has 0 spiro atoms. The van der Waals surface area contributed by atoms with E-state index in [0.717, 1.165) is 49.0 Å². The Morgan fingerprint density at radius 1 is 0.900 bits per heavy atom. The number of unbranched alkanes of at least 4 members (excludes halogenated alkanes) is 1. The van der Waals surface area contributed by atoms with Crippen LogP contribution < -0.4 is 10.2 Å². The molecule has 7 heteroatoms. The lowest BCUT2D eigenvalue weighted by molar-refractivity contribution is 0.0652. The van der Waals surface area contributed by atoms with Crippen LogP contribution >= 0.6 is 11.3 Å². The van der Waals surface area contributed by atoms with E-state index < -0.39 is 0 Å². The van der Waals surface area contributed by atoms with E-state index in [1.165, 1.54) is 21.8 Å². The van der Waals surface area contributed by atoms with Crippen molar-refractivity contribution in [2.24, 2.45) is 7.05 Å². The van der Waals surface area contributed by atoms with Crippen LogP contribution in [0.15, 0.2) is 47.3 Å². The summed E-state index contributed by atoms with van der Waals surface area (Å²) in [4.78, 5) is 37.8. The number of carbonyl (C=O) groups excluding carboxylic acids is 2. The van der Waals surface area contributed by atoms with Gasteiger partial charge >= 0.3 is 4.87 Å². The molecule has 0 aliphatic carbocycles. The van der Waals surface area contributed by atoms with Gasteiger partial charge in [0.15, 0.2) is 0 Å². The van der Waals surface area contributed by atoms with E-state index in [1.807, 2.05) is 6.07 Å². The van der Waals surface area contributed by atoms with Gasteiger partial charge in [0.2, 0.25) is 0 Å². The van der Waals surface area contributed by atoms with Crippen LogP contribution in [0.5, 0.6) is 0 Å². The summed E-state index contributed by atoms with van der Waals surface area (Å²) in [6.07, 6.45) is 3.85. The topological polar surface area (TPSA) is 71.4 Å². The van der Waals surface area contributed by atoms with E-state index in [0.29, 0.717) is 17.7 Å². The maximum Gasteiger partial charge on any atom is 0.307 e. The molecule has 2 amide bonds. The highest BCUT2D eigenvalue weighted by atomic mass is 32.1. The summed E-state index contributed by atoms with van der Waals surface area (Å²) in [6.45, 7) is 2.12. The Kier molecular flexibility index (Phi) is 6.11. The SMILES string of the molecule is Cn1c(=O)sc2cc(CCCCNCCCN3C(=O)c4ccccc4C3=O)ccc21. The summed E-state index contributed by atoms with van der Waals surface area (Å²) >= 11 is 1.30. The average Bonchev–Trinajstić information content (AvgIpc) is 3.17. The van der Waals surface area contributed by atoms with Gasteiger partial charge in [0, 0.05) is 13.6 Å². The molecule has 30 heavy (non-hydrogen) atoms. The number of aromatic nitrogens is 1. The first-order valence-electron chi connectivity index (χ1n) is 10.3. The van der Waals surface area contributed by atoms with E-state index in [4.69, 9.17) is 0 Å².